The summed E-state index contributed by atoms with van der Waals surface area (Å²) in [7, 11) is 4.35. The predicted molar refractivity (Wildman–Crippen MR) is 339 cm³/mol. The van der Waals surface area contributed by atoms with Crippen LogP contribution in [-0.2, 0) is 54.7 Å². The summed E-state index contributed by atoms with van der Waals surface area (Å²) in [5, 5.41) is 8.78. The third-order valence-electron chi connectivity index (χ3n) is 19.6. The predicted octanol–water partition coefficient (Wildman–Crippen LogP) is 8.39. The number of benzene rings is 1. The van der Waals surface area contributed by atoms with Crippen molar-refractivity contribution in [2.75, 3.05) is 55.0 Å². The first kappa shape index (κ1) is 72.9. The molecule has 2 aliphatic carbocycles. The molecule has 2 saturated heterocycles. The first-order chi connectivity index (χ1) is 41.3. The Balaban J connectivity index is 1.24. The second-order valence-electron chi connectivity index (χ2n) is 26.7. The largest absolute Gasteiger partial charge is 0.415 e. The SMILES string of the molecule is CCCCC(CC)(NC(=O)C1CCN(C(=O)Oc2ccc(C[C@H](NC(=O)[C@H](C)[C@@H](OC)[C@@H]3CCCN3C(=O)C[C@@H](OC)C([C@@H](C)CC)N(C)C(=O)[C@@H](NC(=O)[C@H](C(C)C)N(C)C)C(C)C)C(=O)NS(=O)(=O)C3CC3)cc2)CC1)C1CCCCCCCC1. The lowest BCUT2D eigenvalue weighted by Crippen LogP contribution is -2.59. The molecule has 2 heterocycles. The normalized spacial score (nSPS) is 21.0. The number of piperidine rings is 1. The van der Waals surface area contributed by atoms with Gasteiger partial charge in [0, 0.05) is 58.8 Å². The Hall–Kier alpha value is -4.86. The summed E-state index contributed by atoms with van der Waals surface area (Å²) >= 11 is 0. The van der Waals surface area contributed by atoms with Crippen molar-refractivity contribution in [2.24, 2.45) is 35.5 Å². The molecule has 2 aliphatic heterocycles. The van der Waals surface area contributed by atoms with Gasteiger partial charge in [0.05, 0.1) is 47.9 Å². The molecule has 494 valence electrons. The molecule has 7 amide bonds. The molecular formula is C66H112N8O12S. The van der Waals surface area contributed by atoms with Gasteiger partial charge < -0.3 is 44.9 Å². The lowest BCUT2D eigenvalue weighted by Gasteiger charge is -2.43. The molecule has 20 nitrogen and oxygen atoms in total. The van der Waals surface area contributed by atoms with Crippen LogP contribution in [0.15, 0.2) is 24.3 Å². The molecule has 2 unspecified atom stereocenters. The minimum atomic E-state index is -4.00. The van der Waals surface area contributed by atoms with Gasteiger partial charge in [-0.2, -0.15) is 0 Å². The minimum Gasteiger partial charge on any atom is -0.410 e. The molecule has 1 aromatic rings. The van der Waals surface area contributed by atoms with Crippen molar-refractivity contribution in [1.82, 2.24) is 40.3 Å². The fourth-order valence-electron chi connectivity index (χ4n) is 14.0. The number of rotatable bonds is 31. The number of nitrogens with one attached hydrogen (secondary N) is 4. The van der Waals surface area contributed by atoms with E-state index in [1.165, 1.54) is 52.7 Å². The van der Waals surface area contributed by atoms with Gasteiger partial charge in [-0.1, -0.05) is 132 Å². The van der Waals surface area contributed by atoms with Crippen molar-refractivity contribution in [3.8, 4) is 5.75 Å². The summed E-state index contributed by atoms with van der Waals surface area (Å²) in [4.78, 5) is 106. The van der Waals surface area contributed by atoms with Crippen LogP contribution in [0.1, 0.15) is 196 Å². The number of hydrogen-bond acceptors (Lipinski definition) is 13. The maximum atomic E-state index is 14.6. The van der Waals surface area contributed by atoms with Crippen molar-refractivity contribution in [3.05, 3.63) is 29.8 Å². The Bertz CT molecular complexity index is 2490. The van der Waals surface area contributed by atoms with Crippen LogP contribution >= 0.6 is 0 Å². The molecule has 1 aromatic carbocycles. The van der Waals surface area contributed by atoms with Crippen LogP contribution in [0.25, 0.3) is 0 Å². The van der Waals surface area contributed by atoms with Gasteiger partial charge in [0.15, 0.2) is 0 Å². The van der Waals surface area contributed by atoms with Crippen LogP contribution < -0.4 is 25.4 Å². The van der Waals surface area contributed by atoms with Crippen LogP contribution in [0, 0.1) is 35.5 Å². The van der Waals surface area contributed by atoms with Crippen LogP contribution in [0.4, 0.5) is 4.79 Å². The topological polar surface area (TPSA) is 242 Å². The monoisotopic (exact) mass is 1240 g/mol. The van der Waals surface area contributed by atoms with Crippen LogP contribution in [0.5, 0.6) is 5.75 Å². The highest BCUT2D eigenvalue weighted by Gasteiger charge is 2.45. The first-order valence-corrected chi connectivity index (χ1v) is 34.6. The van der Waals surface area contributed by atoms with Crippen molar-refractivity contribution in [3.63, 3.8) is 0 Å². The highest BCUT2D eigenvalue weighted by atomic mass is 32.2. The summed E-state index contributed by atoms with van der Waals surface area (Å²) in [5.74, 6) is -2.96. The number of carbonyl (C=O) groups is 7. The van der Waals surface area contributed by atoms with Gasteiger partial charge in [0.2, 0.25) is 39.6 Å². The lowest BCUT2D eigenvalue weighted by atomic mass is 9.72. The van der Waals surface area contributed by atoms with E-state index >= 15 is 0 Å². The molecule has 21 heteroatoms. The Kier molecular flexibility index (Phi) is 28.8. The lowest BCUT2D eigenvalue weighted by molar-refractivity contribution is -0.148. The summed E-state index contributed by atoms with van der Waals surface area (Å²) in [6.07, 6.45) is 15.2. The number of sulfonamides is 1. The fourth-order valence-corrected chi connectivity index (χ4v) is 15.3. The maximum Gasteiger partial charge on any atom is 0.415 e. The maximum absolute atomic E-state index is 14.6. The third kappa shape index (κ3) is 20.1. The van der Waals surface area contributed by atoms with Gasteiger partial charge in [0.25, 0.3) is 5.91 Å². The Labute approximate surface area is 522 Å². The van der Waals surface area contributed by atoms with Crippen molar-refractivity contribution >= 4 is 51.6 Å². The minimum absolute atomic E-state index is 0.00306. The third-order valence-corrected chi connectivity index (χ3v) is 21.4. The molecule has 10 atom stereocenters. The summed E-state index contributed by atoms with van der Waals surface area (Å²) in [5.41, 5.74) is 0.331. The van der Waals surface area contributed by atoms with Crippen LogP contribution in [0.2, 0.25) is 0 Å². The Morgan fingerprint density at radius 3 is 1.87 bits per heavy atom. The van der Waals surface area contributed by atoms with Crippen molar-refractivity contribution in [2.45, 2.75) is 250 Å². The van der Waals surface area contributed by atoms with E-state index in [9.17, 15) is 42.0 Å². The Morgan fingerprint density at radius 1 is 0.724 bits per heavy atom. The smallest absolute Gasteiger partial charge is 0.410 e. The molecule has 4 aliphatic rings. The number of unbranched alkanes of at least 4 members (excludes halogenated alkanes) is 1. The molecule has 0 bridgehead atoms. The quantitative estimate of drug-likeness (QED) is 0.0547. The van der Waals surface area contributed by atoms with E-state index in [0.29, 0.717) is 76.1 Å². The molecule has 4 fully saturated rings. The van der Waals surface area contributed by atoms with E-state index in [-0.39, 0.29) is 71.4 Å². The van der Waals surface area contributed by atoms with E-state index in [1.54, 1.807) is 52.9 Å². The van der Waals surface area contributed by atoms with E-state index in [4.69, 9.17) is 14.2 Å². The first-order valence-electron chi connectivity index (χ1n) is 33.1. The molecule has 5 rings (SSSR count). The van der Waals surface area contributed by atoms with E-state index in [2.05, 4.69) is 34.5 Å². The van der Waals surface area contributed by atoms with Gasteiger partial charge in [-0.25, -0.2) is 13.2 Å². The number of ether oxygens (including phenoxy) is 3. The van der Waals surface area contributed by atoms with Crippen molar-refractivity contribution < 1.29 is 56.2 Å². The number of carbonyl (C=O) groups excluding carboxylic acids is 7. The second-order valence-corrected chi connectivity index (χ2v) is 28.7. The zero-order valence-corrected chi connectivity index (χ0v) is 56.3. The van der Waals surface area contributed by atoms with Crippen LogP contribution in [0.3, 0.4) is 0 Å². The Morgan fingerprint density at radius 2 is 1.34 bits per heavy atom. The van der Waals surface area contributed by atoms with E-state index < -0.39 is 81.5 Å². The molecule has 0 aromatic heterocycles. The number of methoxy groups -OCH3 is 2. The summed E-state index contributed by atoms with van der Waals surface area (Å²) in [6.45, 7) is 18.9. The zero-order chi connectivity index (χ0) is 64.3. The number of amides is 7. The van der Waals surface area contributed by atoms with E-state index in [1.807, 2.05) is 60.5 Å². The zero-order valence-electron chi connectivity index (χ0n) is 55.5. The van der Waals surface area contributed by atoms with Gasteiger partial charge in [0.1, 0.15) is 17.8 Å². The highest BCUT2D eigenvalue weighted by molar-refractivity contribution is 7.90. The average molecular weight is 1240 g/mol. The molecule has 4 N–H and O–H groups in total. The summed E-state index contributed by atoms with van der Waals surface area (Å²) < 4.78 is 46.4. The van der Waals surface area contributed by atoms with Crippen LogP contribution in [-0.4, -0.2) is 178 Å². The molecule has 0 radical (unpaired) electrons. The van der Waals surface area contributed by atoms with Gasteiger partial charge >= 0.3 is 6.09 Å². The molecule has 87 heavy (non-hydrogen) atoms. The van der Waals surface area contributed by atoms with Gasteiger partial charge in [-0.3, -0.25) is 38.4 Å². The molecule has 2 saturated carbocycles. The standard InChI is InChI=1S/C66H112N8O12S/c1-15-18-37-66(17-3,49-26-23-21-19-20-22-24-27-49)69-61(77)48-35-39-73(40-36-48)65(81)86-50-31-29-47(30-32-50)41-52(62(78)70-87(82,83)51-33-34-51)67-60(76)46(9)59(85-14)53-28-25-38-74(53)55(75)42-54(84-13)58(45(8)16-2)72(12)64(80)56(43(4)5)68-63(79)57(44(6)7)71(10)11/h29-32,43-46,48-49,51-54,56-59H,15-28,33-42H2,1-14H3,(H,67,76)(H,68,79)(H,69,77)(H,70,78)/t45-,46+,52-,53-,54+,56-,57-,58?,59+,66?/m0/s1. The van der Waals surface area contributed by atoms with Gasteiger partial charge in [-0.05, 0) is 120 Å². The molecule has 0 spiro atoms. The fraction of sp³-hybridized carbons (Fsp3) is 0.803. The number of hydrogen-bond donors (Lipinski definition) is 4. The van der Waals surface area contributed by atoms with E-state index in [0.717, 1.165) is 38.5 Å². The van der Waals surface area contributed by atoms with Crippen molar-refractivity contribution in [1.29, 1.82) is 0 Å². The summed E-state index contributed by atoms with van der Waals surface area (Å²) in [6, 6.07) is 2.76. The second kappa shape index (κ2) is 34.4. The average Bonchev–Trinajstić information content (AvgIpc) is 3.25. The van der Waals surface area contributed by atoms with Gasteiger partial charge in [-0.15, -0.1) is 0 Å². The highest BCUT2D eigenvalue weighted by Crippen LogP contribution is 2.38. The number of nitrogens with zero attached hydrogens (tertiary/aromatic N) is 4. The molecular weight excluding hydrogens is 1130 g/mol. The number of likely N-dealkylation sites (N-methyl/N-ethyl adjacent to an activating group) is 2. The number of likely N-dealkylation sites (tertiary alicyclic amines) is 2.